The van der Waals surface area contributed by atoms with Crippen LogP contribution in [0.2, 0.25) is 0 Å². The van der Waals surface area contributed by atoms with Crippen molar-refractivity contribution < 1.29 is 28.6 Å². The molecule has 4 rings (SSSR count). The number of methoxy groups -OCH3 is 3. The Morgan fingerprint density at radius 2 is 1.94 bits per heavy atom. The summed E-state index contributed by atoms with van der Waals surface area (Å²) in [4.78, 5) is 46.9. The van der Waals surface area contributed by atoms with Crippen molar-refractivity contribution in [2.45, 2.75) is 24.3 Å². The van der Waals surface area contributed by atoms with E-state index in [2.05, 4.69) is 33.6 Å². The first-order valence-electron chi connectivity index (χ1n) is 10.1. The molecule has 32 heavy (non-hydrogen) atoms. The Morgan fingerprint density at radius 1 is 1.22 bits per heavy atom. The Kier molecular flexibility index (Phi) is 6.01. The molecule has 0 saturated carbocycles. The number of halogens is 1. The number of nitrogens with zero attached hydrogens (tertiary/aromatic N) is 3. The van der Waals surface area contributed by atoms with Gasteiger partial charge in [0.2, 0.25) is 5.91 Å². The lowest BCUT2D eigenvalue weighted by Crippen LogP contribution is -2.63. The lowest BCUT2D eigenvalue weighted by Gasteiger charge is -2.48. The lowest BCUT2D eigenvalue weighted by atomic mass is 9.66. The van der Waals surface area contributed by atoms with Gasteiger partial charge in [-0.2, -0.15) is 0 Å². The van der Waals surface area contributed by atoms with E-state index in [4.69, 9.17) is 14.2 Å². The van der Waals surface area contributed by atoms with Crippen LogP contribution in [-0.2, 0) is 34.0 Å². The van der Waals surface area contributed by atoms with Crippen molar-refractivity contribution in [2.75, 3.05) is 46.4 Å². The fourth-order valence-electron chi connectivity index (χ4n) is 5.09. The van der Waals surface area contributed by atoms with Gasteiger partial charge in [0.25, 0.3) is 0 Å². The number of carbonyl (C=O) groups is 3. The summed E-state index contributed by atoms with van der Waals surface area (Å²) in [6, 6.07) is 5.46. The first-order valence-corrected chi connectivity index (χ1v) is 11.2. The second-order valence-electron chi connectivity index (χ2n) is 7.87. The molecular formula is C22H24IN3O6. The molecule has 10 heteroatoms. The summed E-state index contributed by atoms with van der Waals surface area (Å²) in [7, 11) is 5.94. The zero-order chi connectivity index (χ0) is 23.2. The molecule has 1 aromatic rings. The highest BCUT2D eigenvalue weighted by molar-refractivity contribution is 14.1. The normalized spacial score (nSPS) is 24.0. The second-order valence-corrected chi connectivity index (χ2v) is 9.11. The third-order valence-electron chi connectivity index (χ3n) is 6.41. The van der Waals surface area contributed by atoms with Crippen LogP contribution in [0.25, 0.3) is 0 Å². The van der Waals surface area contributed by atoms with Crippen LogP contribution in [0, 0.1) is 3.57 Å². The van der Waals surface area contributed by atoms with E-state index < -0.39 is 23.4 Å². The summed E-state index contributed by atoms with van der Waals surface area (Å²) < 4.78 is 16.3. The van der Waals surface area contributed by atoms with Gasteiger partial charge in [-0.1, -0.05) is 0 Å². The van der Waals surface area contributed by atoms with Crippen molar-refractivity contribution in [1.82, 2.24) is 4.90 Å². The number of piperidine rings is 1. The Bertz CT molecular complexity index is 1070. The highest BCUT2D eigenvalue weighted by Crippen LogP contribution is 2.55. The number of carbonyl (C=O) groups excluding carboxylic acids is 3. The fourth-order valence-corrected chi connectivity index (χ4v) is 5.58. The Morgan fingerprint density at radius 3 is 2.59 bits per heavy atom. The third kappa shape index (κ3) is 3.14. The first kappa shape index (κ1) is 22.7. The SMILES string of the molecule is COCCN1C(=O)CC[C@@]23C1=NC(C(=O)OC)=C(C(=O)OC)C2N(C)c1ccc(I)cc13. The number of esters is 2. The number of hydrogen-bond acceptors (Lipinski definition) is 8. The molecule has 170 valence electrons. The van der Waals surface area contributed by atoms with Crippen molar-refractivity contribution >= 4 is 52.0 Å². The predicted molar refractivity (Wildman–Crippen MR) is 124 cm³/mol. The summed E-state index contributed by atoms with van der Waals surface area (Å²) in [5, 5.41) is 0. The molecule has 1 unspecified atom stereocenters. The summed E-state index contributed by atoms with van der Waals surface area (Å²) in [5.74, 6) is -1.06. The number of likely N-dealkylation sites (tertiary alicyclic amines) is 1. The van der Waals surface area contributed by atoms with Gasteiger partial charge in [-0.05, 0) is 52.8 Å². The van der Waals surface area contributed by atoms with Crippen molar-refractivity contribution in [2.24, 2.45) is 4.99 Å². The molecule has 1 aromatic carbocycles. The van der Waals surface area contributed by atoms with Gasteiger partial charge < -0.3 is 19.1 Å². The first-order chi connectivity index (χ1) is 15.3. The molecule has 1 fully saturated rings. The molecule has 2 atom stereocenters. The number of ether oxygens (including phenoxy) is 3. The number of amidine groups is 1. The Labute approximate surface area is 199 Å². The van der Waals surface area contributed by atoms with E-state index in [0.29, 0.717) is 18.9 Å². The second kappa shape index (κ2) is 8.47. The van der Waals surface area contributed by atoms with Crippen LogP contribution in [0.3, 0.4) is 0 Å². The van der Waals surface area contributed by atoms with Crippen molar-refractivity contribution in [3.8, 4) is 0 Å². The van der Waals surface area contributed by atoms with Crippen molar-refractivity contribution in [3.05, 3.63) is 38.6 Å². The van der Waals surface area contributed by atoms with Gasteiger partial charge >= 0.3 is 11.9 Å². The number of fused-ring (bicyclic) bond motifs is 1. The number of likely N-dealkylation sites (N-methyl/N-ethyl adjacent to an activating group) is 1. The molecule has 1 saturated heterocycles. The highest BCUT2D eigenvalue weighted by atomic mass is 127. The van der Waals surface area contributed by atoms with Crippen LogP contribution in [0.4, 0.5) is 5.69 Å². The van der Waals surface area contributed by atoms with Crippen LogP contribution in [0.1, 0.15) is 18.4 Å². The summed E-state index contributed by atoms with van der Waals surface area (Å²) >= 11 is 2.25. The lowest BCUT2D eigenvalue weighted by molar-refractivity contribution is -0.140. The summed E-state index contributed by atoms with van der Waals surface area (Å²) in [6.45, 7) is 0.593. The molecule has 1 amide bonds. The minimum Gasteiger partial charge on any atom is -0.466 e. The quantitative estimate of drug-likeness (QED) is 0.404. The monoisotopic (exact) mass is 553 g/mol. The maximum atomic E-state index is 13.0. The number of rotatable bonds is 5. The van der Waals surface area contributed by atoms with Gasteiger partial charge in [0.15, 0.2) is 5.70 Å². The zero-order valence-corrected chi connectivity index (χ0v) is 20.5. The number of hydrogen-bond donors (Lipinski definition) is 0. The van der Waals surface area contributed by atoms with Crippen LogP contribution in [0.15, 0.2) is 34.5 Å². The van der Waals surface area contributed by atoms with E-state index in [0.717, 1.165) is 14.8 Å². The van der Waals surface area contributed by atoms with Crippen LogP contribution in [-0.4, -0.2) is 76.2 Å². The fraction of sp³-hybridized carbons (Fsp3) is 0.455. The molecular weight excluding hydrogens is 529 g/mol. The number of anilines is 1. The number of aliphatic imine (C=N–C) groups is 1. The molecule has 3 heterocycles. The van der Waals surface area contributed by atoms with Gasteiger partial charge in [-0.15, -0.1) is 0 Å². The van der Waals surface area contributed by atoms with E-state index in [1.807, 2.05) is 24.1 Å². The van der Waals surface area contributed by atoms with E-state index in [1.165, 1.54) is 14.2 Å². The summed E-state index contributed by atoms with van der Waals surface area (Å²) in [5.41, 5.74) is 1.08. The highest BCUT2D eigenvalue weighted by Gasteiger charge is 2.62. The standard InChI is InChI=1S/C22H24IN3O6/c1-25-14-6-5-12(23)11-13(14)22-8-7-15(27)26(9-10-30-2)21(22)24-17(20(29)32-4)16(18(22)25)19(28)31-3/h5-6,11,18H,7-10H2,1-4H3/t18?,22-/m0/s1. The van der Waals surface area contributed by atoms with Crippen molar-refractivity contribution in [1.29, 1.82) is 0 Å². The average molecular weight is 553 g/mol. The van der Waals surface area contributed by atoms with E-state index >= 15 is 0 Å². The van der Waals surface area contributed by atoms with Gasteiger partial charge in [-0.3, -0.25) is 9.69 Å². The van der Waals surface area contributed by atoms with Gasteiger partial charge in [0, 0.05) is 29.8 Å². The molecule has 9 nitrogen and oxygen atoms in total. The third-order valence-corrected chi connectivity index (χ3v) is 7.08. The number of benzene rings is 1. The van der Waals surface area contributed by atoms with Crippen LogP contribution >= 0.6 is 22.6 Å². The molecule has 0 aliphatic carbocycles. The van der Waals surface area contributed by atoms with Gasteiger partial charge in [0.05, 0.1) is 44.4 Å². The maximum Gasteiger partial charge on any atom is 0.357 e. The van der Waals surface area contributed by atoms with Crippen LogP contribution in [0.5, 0.6) is 0 Å². The van der Waals surface area contributed by atoms with Crippen molar-refractivity contribution in [3.63, 3.8) is 0 Å². The predicted octanol–water partition coefficient (Wildman–Crippen LogP) is 1.63. The van der Waals surface area contributed by atoms with E-state index in [9.17, 15) is 14.4 Å². The molecule has 0 N–H and O–H groups in total. The zero-order valence-electron chi connectivity index (χ0n) is 18.3. The smallest absolute Gasteiger partial charge is 0.357 e. The molecule has 0 bridgehead atoms. The van der Waals surface area contributed by atoms with Gasteiger partial charge in [-0.25, -0.2) is 14.6 Å². The van der Waals surface area contributed by atoms with Crippen LogP contribution < -0.4 is 4.90 Å². The Hall–Kier alpha value is -2.47. The molecule has 0 aromatic heterocycles. The molecule has 1 spiro atoms. The average Bonchev–Trinajstić information content (AvgIpc) is 3.04. The molecule has 3 aliphatic heterocycles. The number of amides is 1. The summed E-state index contributed by atoms with van der Waals surface area (Å²) in [6.07, 6.45) is 0.727. The van der Waals surface area contributed by atoms with Gasteiger partial charge in [0.1, 0.15) is 5.84 Å². The minimum absolute atomic E-state index is 0.0994. The minimum atomic E-state index is -0.798. The van der Waals surface area contributed by atoms with E-state index in [1.54, 1.807) is 12.0 Å². The molecule has 0 radical (unpaired) electrons. The molecule has 3 aliphatic rings. The van der Waals surface area contributed by atoms with E-state index in [-0.39, 0.29) is 30.1 Å². The maximum absolute atomic E-state index is 13.0. The topological polar surface area (TPSA) is 97.7 Å². The Balaban J connectivity index is 2.06. The largest absolute Gasteiger partial charge is 0.466 e.